The molecule has 0 saturated carbocycles. The number of carbonyl (C=O) groups is 2. The van der Waals surface area contributed by atoms with Gasteiger partial charge >= 0.3 is 0 Å². The van der Waals surface area contributed by atoms with Crippen LogP contribution in [-0.4, -0.2) is 59.2 Å². The van der Waals surface area contributed by atoms with Gasteiger partial charge in [0.05, 0.1) is 38.1 Å². The molecule has 2 aromatic rings. The molecule has 2 amide bonds. The van der Waals surface area contributed by atoms with Gasteiger partial charge in [0, 0.05) is 19.7 Å². The van der Waals surface area contributed by atoms with Crippen molar-refractivity contribution in [1.82, 2.24) is 15.0 Å². The van der Waals surface area contributed by atoms with Crippen molar-refractivity contribution in [1.29, 1.82) is 0 Å². The number of fused-ring (bicyclic) bond motifs is 1. The van der Waals surface area contributed by atoms with Gasteiger partial charge in [0.1, 0.15) is 22.8 Å². The van der Waals surface area contributed by atoms with Gasteiger partial charge in [-0.3, -0.25) is 9.59 Å². The topological polar surface area (TPSA) is 85.1 Å². The van der Waals surface area contributed by atoms with Gasteiger partial charge in [-0.2, -0.15) is 0 Å². The average molecular weight is 423 g/mol. The number of amides is 2. The van der Waals surface area contributed by atoms with Crippen molar-refractivity contribution in [2.75, 3.05) is 20.7 Å². The fourth-order valence-electron chi connectivity index (χ4n) is 5.05. The van der Waals surface area contributed by atoms with Crippen LogP contribution >= 0.6 is 0 Å². The van der Waals surface area contributed by atoms with Gasteiger partial charge in [0.25, 0.3) is 0 Å². The Morgan fingerprint density at radius 2 is 2.23 bits per heavy atom. The lowest BCUT2D eigenvalue weighted by molar-refractivity contribution is -0.143. The first-order valence-corrected chi connectivity index (χ1v) is 10.4. The number of aryl methyl sites for hydroxylation is 1. The van der Waals surface area contributed by atoms with Crippen molar-refractivity contribution in [2.24, 2.45) is 11.8 Å². The molecular formula is C23H25N3O5. The second-order valence-corrected chi connectivity index (χ2v) is 8.57. The standard InChI is InChI=1S/C23H25N3O5/c1-14-9-16(24-31-14)12-25(2)21(27)19-18-7-8-23(30-18)13-26(22(28)20(19)23)11-15-5-4-6-17(10-15)29-3/h4-10,18-20H,11-13H2,1-3H3/t18-,19-,20-,23-/m0/s1. The number of benzene rings is 1. The van der Waals surface area contributed by atoms with Gasteiger partial charge in [-0.05, 0) is 24.6 Å². The zero-order valence-corrected chi connectivity index (χ0v) is 17.8. The van der Waals surface area contributed by atoms with Crippen LogP contribution < -0.4 is 4.74 Å². The summed E-state index contributed by atoms with van der Waals surface area (Å²) in [5.74, 6) is 0.238. The maximum atomic E-state index is 13.4. The second kappa shape index (κ2) is 7.23. The number of ether oxygens (including phenoxy) is 2. The first-order chi connectivity index (χ1) is 14.9. The molecule has 2 fully saturated rings. The van der Waals surface area contributed by atoms with Crippen molar-refractivity contribution in [2.45, 2.75) is 31.7 Å². The van der Waals surface area contributed by atoms with Crippen LogP contribution in [0.3, 0.4) is 0 Å². The van der Waals surface area contributed by atoms with Gasteiger partial charge in [0.15, 0.2) is 0 Å². The molecule has 162 valence electrons. The van der Waals surface area contributed by atoms with E-state index in [1.807, 2.05) is 43.3 Å². The molecule has 3 aliphatic rings. The van der Waals surface area contributed by atoms with Crippen molar-refractivity contribution in [3.8, 4) is 5.75 Å². The van der Waals surface area contributed by atoms with Crippen LogP contribution in [0.2, 0.25) is 0 Å². The number of hydrogen-bond acceptors (Lipinski definition) is 6. The first kappa shape index (κ1) is 19.8. The van der Waals surface area contributed by atoms with Gasteiger partial charge in [-0.15, -0.1) is 0 Å². The number of aromatic nitrogens is 1. The third-order valence-electron chi connectivity index (χ3n) is 6.42. The third kappa shape index (κ3) is 3.22. The van der Waals surface area contributed by atoms with Crippen molar-refractivity contribution >= 4 is 11.8 Å². The monoisotopic (exact) mass is 423 g/mol. The van der Waals surface area contributed by atoms with Gasteiger partial charge in [0.2, 0.25) is 11.8 Å². The molecule has 1 aromatic carbocycles. The third-order valence-corrected chi connectivity index (χ3v) is 6.42. The Labute approximate surface area is 180 Å². The maximum Gasteiger partial charge on any atom is 0.230 e. The molecule has 5 rings (SSSR count). The molecule has 8 heteroatoms. The minimum absolute atomic E-state index is 0.0429. The summed E-state index contributed by atoms with van der Waals surface area (Å²) < 4.78 is 16.6. The number of carbonyl (C=O) groups excluding carboxylic acids is 2. The molecule has 1 spiro atoms. The van der Waals surface area contributed by atoms with E-state index in [-0.39, 0.29) is 17.9 Å². The van der Waals surface area contributed by atoms with E-state index in [1.165, 1.54) is 0 Å². The lowest BCUT2D eigenvalue weighted by Crippen LogP contribution is -2.44. The smallest absolute Gasteiger partial charge is 0.230 e. The highest BCUT2D eigenvalue weighted by Crippen LogP contribution is 2.52. The summed E-state index contributed by atoms with van der Waals surface area (Å²) in [5, 5.41) is 3.97. The Morgan fingerprint density at radius 1 is 1.39 bits per heavy atom. The molecular weight excluding hydrogens is 398 g/mol. The molecule has 0 unspecified atom stereocenters. The lowest BCUT2D eigenvalue weighted by atomic mass is 9.76. The predicted octanol–water partition coefficient (Wildman–Crippen LogP) is 1.93. The van der Waals surface area contributed by atoms with E-state index in [2.05, 4.69) is 5.16 Å². The summed E-state index contributed by atoms with van der Waals surface area (Å²) in [6.07, 6.45) is 3.52. The fraction of sp³-hybridized carbons (Fsp3) is 0.435. The summed E-state index contributed by atoms with van der Waals surface area (Å²) in [7, 11) is 3.34. The summed E-state index contributed by atoms with van der Waals surface area (Å²) in [6, 6.07) is 9.47. The highest BCUT2D eigenvalue weighted by molar-refractivity contribution is 5.93. The molecule has 8 nitrogen and oxygen atoms in total. The molecule has 0 radical (unpaired) electrons. The van der Waals surface area contributed by atoms with E-state index in [0.29, 0.717) is 31.1 Å². The van der Waals surface area contributed by atoms with E-state index in [4.69, 9.17) is 14.0 Å². The first-order valence-electron chi connectivity index (χ1n) is 10.4. The quantitative estimate of drug-likeness (QED) is 0.660. The summed E-state index contributed by atoms with van der Waals surface area (Å²) in [6.45, 7) is 3.02. The molecule has 2 saturated heterocycles. The minimum Gasteiger partial charge on any atom is -0.497 e. The largest absolute Gasteiger partial charge is 0.497 e. The summed E-state index contributed by atoms with van der Waals surface area (Å²) >= 11 is 0. The SMILES string of the molecule is COc1cccc(CN2C[C@]34C=C[C@H](O3)[C@H](C(=O)N(C)Cc3cc(C)on3)[C@H]4C2=O)c1. The molecule has 4 atom stereocenters. The van der Waals surface area contributed by atoms with E-state index >= 15 is 0 Å². The lowest BCUT2D eigenvalue weighted by Gasteiger charge is -2.27. The highest BCUT2D eigenvalue weighted by atomic mass is 16.5. The van der Waals surface area contributed by atoms with Crippen LogP contribution in [0.15, 0.2) is 47.0 Å². The van der Waals surface area contributed by atoms with E-state index in [9.17, 15) is 9.59 Å². The Morgan fingerprint density at radius 3 is 2.97 bits per heavy atom. The second-order valence-electron chi connectivity index (χ2n) is 8.57. The number of nitrogens with zero attached hydrogens (tertiary/aromatic N) is 3. The molecule has 3 aliphatic heterocycles. The minimum atomic E-state index is -0.730. The Hall–Kier alpha value is -3.13. The molecule has 0 N–H and O–H groups in total. The van der Waals surface area contributed by atoms with Crippen molar-refractivity contribution in [3.05, 3.63) is 59.5 Å². The van der Waals surface area contributed by atoms with Crippen molar-refractivity contribution in [3.63, 3.8) is 0 Å². The van der Waals surface area contributed by atoms with Crippen LogP contribution in [0, 0.1) is 18.8 Å². The summed E-state index contributed by atoms with van der Waals surface area (Å²) in [5.41, 5.74) is 0.927. The Kier molecular flexibility index (Phi) is 4.62. The van der Waals surface area contributed by atoms with Crippen molar-refractivity contribution < 1.29 is 23.6 Å². The van der Waals surface area contributed by atoms with Gasteiger partial charge in [-0.1, -0.05) is 29.4 Å². The molecule has 0 aliphatic carbocycles. The van der Waals surface area contributed by atoms with Crippen LogP contribution in [0.1, 0.15) is 17.0 Å². The molecule has 4 heterocycles. The fourth-order valence-corrected chi connectivity index (χ4v) is 5.05. The van der Waals surface area contributed by atoms with E-state index in [0.717, 1.165) is 11.3 Å². The molecule has 1 aromatic heterocycles. The van der Waals surface area contributed by atoms with Gasteiger partial charge in [-0.25, -0.2) is 0 Å². The van der Waals surface area contributed by atoms with E-state index in [1.54, 1.807) is 30.0 Å². The number of methoxy groups -OCH3 is 1. The van der Waals surface area contributed by atoms with Gasteiger partial charge < -0.3 is 23.8 Å². The van der Waals surface area contributed by atoms with Crippen LogP contribution in [0.25, 0.3) is 0 Å². The van der Waals surface area contributed by atoms with Crippen LogP contribution in [0.5, 0.6) is 5.75 Å². The molecule has 2 bridgehead atoms. The number of hydrogen-bond donors (Lipinski definition) is 0. The summed E-state index contributed by atoms with van der Waals surface area (Å²) in [4.78, 5) is 30.1. The highest BCUT2D eigenvalue weighted by Gasteiger charge is 2.67. The van der Waals surface area contributed by atoms with Crippen LogP contribution in [-0.2, 0) is 27.4 Å². The maximum absolute atomic E-state index is 13.4. The zero-order valence-electron chi connectivity index (χ0n) is 17.8. The Bertz CT molecular complexity index is 1060. The zero-order chi connectivity index (χ0) is 21.8. The predicted molar refractivity (Wildman–Crippen MR) is 110 cm³/mol. The normalized spacial score (nSPS) is 28.3. The molecule has 31 heavy (non-hydrogen) atoms. The number of rotatable bonds is 6. The van der Waals surface area contributed by atoms with E-state index < -0.39 is 17.4 Å². The number of likely N-dealkylation sites (tertiary alicyclic amines) is 1. The Balaban J connectivity index is 1.35. The average Bonchev–Trinajstić information content (AvgIpc) is 3.50. The van der Waals surface area contributed by atoms with Crippen LogP contribution in [0.4, 0.5) is 0 Å².